The molecule has 5 heteroatoms. The van der Waals surface area contributed by atoms with Gasteiger partial charge >= 0.3 is 0 Å². The lowest BCUT2D eigenvalue weighted by Crippen LogP contribution is -2.29. The molecule has 7 rings (SSSR count). The van der Waals surface area contributed by atoms with E-state index in [9.17, 15) is 9.59 Å². The standard InChI is InChI=1S/C34H27N3O2/c1-21-27-29(32(39)23-15-9-5-10-16-23)28-26(38)19-34(2,3)30-25(22-13-7-4-8-14-22)20-36(31(28)30)33(27)37(35-21)24-17-11-6-12-18-24/h4-18,20H,19H2,1-3H3. The molecule has 0 unspecified atom stereocenters. The van der Waals surface area contributed by atoms with E-state index in [4.69, 9.17) is 5.10 Å². The third kappa shape index (κ3) is 3.36. The number of nitrogens with zero attached hydrogens (tertiary/aromatic N) is 3. The van der Waals surface area contributed by atoms with Crippen molar-refractivity contribution in [1.82, 2.24) is 14.2 Å². The average Bonchev–Trinajstić information content (AvgIpc) is 3.52. The molecule has 0 radical (unpaired) electrons. The monoisotopic (exact) mass is 509 g/mol. The smallest absolute Gasteiger partial charge is 0.194 e. The highest BCUT2D eigenvalue weighted by molar-refractivity contribution is 6.26. The quantitative estimate of drug-likeness (QED) is 0.234. The van der Waals surface area contributed by atoms with Crippen molar-refractivity contribution in [2.24, 2.45) is 0 Å². The van der Waals surface area contributed by atoms with Gasteiger partial charge in [-0.25, -0.2) is 4.68 Å². The van der Waals surface area contributed by atoms with E-state index in [2.05, 4.69) is 36.6 Å². The minimum atomic E-state index is -0.419. The van der Waals surface area contributed by atoms with Gasteiger partial charge in [0.2, 0.25) is 0 Å². The lowest BCUT2D eigenvalue weighted by Gasteiger charge is -2.31. The highest BCUT2D eigenvalue weighted by Gasteiger charge is 2.41. The Hall–Kier alpha value is -4.77. The fourth-order valence-corrected chi connectivity index (χ4v) is 6.27. The molecule has 1 aliphatic carbocycles. The van der Waals surface area contributed by atoms with E-state index in [1.807, 2.05) is 90.5 Å². The maximum absolute atomic E-state index is 14.3. The van der Waals surface area contributed by atoms with Gasteiger partial charge in [0.15, 0.2) is 11.6 Å². The molecule has 190 valence electrons. The number of hydrogen-bond acceptors (Lipinski definition) is 3. The third-order valence-electron chi connectivity index (χ3n) is 7.91. The number of pyridine rings is 1. The van der Waals surface area contributed by atoms with Gasteiger partial charge < -0.3 is 0 Å². The molecular weight excluding hydrogens is 482 g/mol. The van der Waals surface area contributed by atoms with Crippen molar-refractivity contribution in [3.05, 3.63) is 125 Å². The Kier molecular flexibility index (Phi) is 5.01. The van der Waals surface area contributed by atoms with E-state index in [1.165, 1.54) is 0 Å². The number of aryl methyl sites for hydroxylation is 1. The number of aromatic nitrogens is 3. The molecule has 0 atom stereocenters. The molecule has 0 bridgehead atoms. The molecule has 3 aromatic heterocycles. The highest BCUT2D eigenvalue weighted by atomic mass is 16.1. The summed E-state index contributed by atoms with van der Waals surface area (Å²) in [5, 5.41) is 5.66. The van der Waals surface area contributed by atoms with Gasteiger partial charge in [-0.15, -0.1) is 0 Å². The summed E-state index contributed by atoms with van der Waals surface area (Å²) < 4.78 is 4.01. The fourth-order valence-electron chi connectivity index (χ4n) is 6.27. The normalized spacial score (nSPS) is 14.3. The zero-order valence-corrected chi connectivity index (χ0v) is 22.1. The Morgan fingerprint density at radius 3 is 2.15 bits per heavy atom. The predicted molar refractivity (Wildman–Crippen MR) is 154 cm³/mol. The SMILES string of the molecule is Cc1nn(-c2ccccc2)c2c1c(C(=O)c1ccccc1)c1c3c(c(-c4ccccc4)cn32)C(C)(C)CC1=O. The first-order valence-electron chi connectivity index (χ1n) is 13.2. The van der Waals surface area contributed by atoms with E-state index >= 15 is 0 Å². The molecule has 0 saturated carbocycles. The number of carbonyl (C=O) groups excluding carboxylic acids is 2. The van der Waals surface area contributed by atoms with Gasteiger partial charge in [-0.3, -0.25) is 14.0 Å². The molecule has 0 aliphatic heterocycles. The Morgan fingerprint density at radius 1 is 0.872 bits per heavy atom. The number of carbonyl (C=O) groups is 2. The zero-order valence-electron chi connectivity index (χ0n) is 22.1. The maximum atomic E-state index is 14.3. The Balaban J connectivity index is 1.73. The minimum absolute atomic E-state index is 0.0109. The summed E-state index contributed by atoms with van der Waals surface area (Å²) in [5.41, 5.74) is 7.51. The van der Waals surface area contributed by atoms with Crippen molar-refractivity contribution in [2.45, 2.75) is 32.6 Å². The van der Waals surface area contributed by atoms with E-state index in [-0.39, 0.29) is 11.6 Å². The molecule has 3 aromatic carbocycles. The zero-order chi connectivity index (χ0) is 26.9. The van der Waals surface area contributed by atoms with Gasteiger partial charge in [-0.05, 0) is 35.6 Å². The molecule has 39 heavy (non-hydrogen) atoms. The number of para-hydroxylation sites is 1. The topological polar surface area (TPSA) is 56.4 Å². The van der Waals surface area contributed by atoms with Gasteiger partial charge in [-0.1, -0.05) is 92.7 Å². The largest absolute Gasteiger partial charge is 0.299 e. The summed E-state index contributed by atoms with van der Waals surface area (Å²) >= 11 is 0. The van der Waals surface area contributed by atoms with Crippen LogP contribution in [-0.4, -0.2) is 25.7 Å². The molecule has 0 spiro atoms. The molecule has 6 aromatic rings. The minimum Gasteiger partial charge on any atom is -0.299 e. The number of Topliss-reactive ketones (excluding diaryl/α,β-unsaturated/α-hetero) is 1. The second-order valence-electron chi connectivity index (χ2n) is 11.0. The van der Waals surface area contributed by atoms with E-state index in [0.29, 0.717) is 34.2 Å². The summed E-state index contributed by atoms with van der Waals surface area (Å²) in [6.45, 7) is 6.17. The number of hydrogen-bond donors (Lipinski definition) is 0. The Morgan fingerprint density at radius 2 is 1.49 bits per heavy atom. The average molecular weight is 510 g/mol. The number of ketones is 2. The van der Waals surface area contributed by atoms with Gasteiger partial charge in [0, 0.05) is 29.3 Å². The van der Waals surface area contributed by atoms with Crippen LogP contribution in [0.2, 0.25) is 0 Å². The van der Waals surface area contributed by atoms with Crippen LogP contribution in [0.25, 0.3) is 33.4 Å². The van der Waals surface area contributed by atoms with Crippen molar-refractivity contribution >= 4 is 28.1 Å². The summed E-state index contributed by atoms with van der Waals surface area (Å²) in [7, 11) is 0. The van der Waals surface area contributed by atoms with Gasteiger partial charge in [-0.2, -0.15) is 5.10 Å². The molecular formula is C34H27N3O2. The van der Waals surface area contributed by atoms with E-state index < -0.39 is 5.41 Å². The van der Waals surface area contributed by atoms with Crippen molar-refractivity contribution in [2.75, 3.05) is 0 Å². The summed E-state index contributed by atoms with van der Waals surface area (Å²) in [4.78, 5) is 28.3. The van der Waals surface area contributed by atoms with Crippen LogP contribution in [0.5, 0.6) is 0 Å². The first kappa shape index (κ1) is 23.4. The number of benzene rings is 3. The van der Waals surface area contributed by atoms with Gasteiger partial charge in [0.05, 0.1) is 27.8 Å². The van der Waals surface area contributed by atoms with Crippen LogP contribution < -0.4 is 0 Å². The lowest BCUT2D eigenvalue weighted by molar-refractivity contribution is 0.0943. The van der Waals surface area contributed by atoms with Gasteiger partial charge in [0.25, 0.3) is 0 Å². The molecule has 1 aliphatic rings. The fraction of sp³-hybridized carbons (Fsp3) is 0.147. The van der Waals surface area contributed by atoms with Crippen LogP contribution in [-0.2, 0) is 5.41 Å². The number of fused-ring (bicyclic) bond motifs is 2. The van der Waals surface area contributed by atoms with Crippen LogP contribution in [0.15, 0.2) is 97.2 Å². The van der Waals surface area contributed by atoms with E-state index in [1.54, 1.807) is 0 Å². The second kappa shape index (κ2) is 8.37. The second-order valence-corrected chi connectivity index (χ2v) is 11.0. The third-order valence-corrected chi connectivity index (χ3v) is 7.91. The van der Waals surface area contributed by atoms with Crippen LogP contribution >= 0.6 is 0 Å². The summed E-state index contributed by atoms with van der Waals surface area (Å²) in [5.74, 6) is -0.168. The van der Waals surface area contributed by atoms with Crippen molar-refractivity contribution in [1.29, 1.82) is 0 Å². The first-order chi connectivity index (χ1) is 18.9. The number of rotatable bonds is 4. The predicted octanol–water partition coefficient (Wildman–Crippen LogP) is 7.35. The van der Waals surface area contributed by atoms with Crippen LogP contribution in [0.3, 0.4) is 0 Å². The van der Waals surface area contributed by atoms with Crippen LogP contribution in [0.1, 0.15) is 57.8 Å². The summed E-state index contributed by atoms with van der Waals surface area (Å²) in [6.07, 6.45) is 2.45. The molecule has 0 fully saturated rings. The first-order valence-corrected chi connectivity index (χ1v) is 13.2. The highest BCUT2D eigenvalue weighted by Crippen LogP contribution is 2.48. The van der Waals surface area contributed by atoms with E-state index in [0.717, 1.165) is 33.5 Å². The molecule has 0 saturated heterocycles. The Labute approximate surface area is 226 Å². The summed E-state index contributed by atoms with van der Waals surface area (Å²) in [6, 6.07) is 29.5. The maximum Gasteiger partial charge on any atom is 0.194 e. The van der Waals surface area contributed by atoms with Crippen molar-refractivity contribution in [3.8, 4) is 16.8 Å². The lowest BCUT2D eigenvalue weighted by atomic mass is 9.71. The molecule has 0 amide bonds. The van der Waals surface area contributed by atoms with Crippen molar-refractivity contribution in [3.63, 3.8) is 0 Å². The van der Waals surface area contributed by atoms with Gasteiger partial charge in [0.1, 0.15) is 5.65 Å². The van der Waals surface area contributed by atoms with Crippen LogP contribution in [0, 0.1) is 6.92 Å². The molecule has 5 nitrogen and oxygen atoms in total. The molecule has 0 N–H and O–H groups in total. The molecule has 3 heterocycles. The Bertz CT molecular complexity index is 1930. The van der Waals surface area contributed by atoms with Crippen molar-refractivity contribution < 1.29 is 9.59 Å². The van der Waals surface area contributed by atoms with Crippen LogP contribution in [0.4, 0.5) is 0 Å².